The molecule has 0 aromatic carbocycles. The van der Waals surface area contributed by atoms with Crippen LogP contribution in [0.4, 0.5) is 0 Å². The molecule has 0 aliphatic rings. The number of nitrogens with zero attached hydrogens (tertiary/aromatic N) is 1. The van der Waals surface area contributed by atoms with Crippen LogP contribution in [-0.2, 0) is 10.3 Å². The van der Waals surface area contributed by atoms with Gasteiger partial charge in [0.1, 0.15) is 5.54 Å². The summed E-state index contributed by atoms with van der Waals surface area (Å²) in [6, 6.07) is 3.47. The fraction of sp³-hybridized carbons (Fsp3) is 0.538. The van der Waals surface area contributed by atoms with Crippen LogP contribution in [-0.4, -0.2) is 22.6 Å². The average Bonchev–Trinajstić information content (AvgIpc) is 2.29. The van der Waals surface area contributed by atoms with Gasteiger partial charge in [-0.15, -0.1) is 0 Å². The molecule has 1 aromatic heterocycles. The molecule has 94 valence electrons. The first kappa shape index (κ1) is 13.6. The molecule has 0 aliphatic heterocycles. The van der Waals surface area contributed by atoms with Gasteiger partial charge in [-0.3, -0.25) is 10.3 Å². The van der Waals surface area contributed by atoms with Crippen molar-refractivity contribution in [3.8, 4) is 0 Å². The number of carboxylic acid groups (broad SMARTS) is 1. The molecule has 0 fully saturated rings. The third kappa shape index (κ3) is 3.53. The average molecular weight is 236 g/mol. The van der Waals surface area contributed by atoms with Crippen molar-refractivity contribution < 1.29 is 9.90 Å². The van der Waals surface area contributed by atoms with Crippen LogP contribution in [0.15, 0.2) is 24.5 Å². The maximum Gasteiger partial charge on any atom is 0.328 e. The summed E-state index contributed by atoms with van der Waals surface area (Å²) in [5.41, 5.74) is -0.318. The molecular weight excluding hydrogens is 216 g/mol. The second-order valence-corrected chi connectivity index (χ2v) is 4.78. The van der Waals surface area contributed by atoms with Gasteiger partial charge in [-0.2, -0.15) is 0 Å². The minimum absolute atomic E-state index is 0.554. The molecule has 1 heterocycles. The number of nitrogens with one attached hydrogen (secondary N) is 1. The first-order valence-corrected chi connectivity index (χ1v) is 5.85. The minimum Gasteiger partial charge on any atom is -0.480 e. The van der Waals surface area contributed by atoms with Gasteiger partial charge in [0.15, 0.2) is 0 Å². The maximum absolute atomic E-state index is 11.4. The van der Waals surface area contributed by atoms with Crippen molar-refractivity contribution in [2.75, 3.05) is 6.54 Å². The molecular formula is C13H20N2O2. The van der Waals surface area contributed by atoms with Crippen LogP contribution >= 0.6 is 0 Å². The summed E-state index contributed by atoms with van der Waals surface area (Å²) in [5.74, 6) is -0.314. The Bertz CT molecular complexity index is 365. The monoisotopic (exact) mass is 236 g/mol. The molecule has 4 nitrogen and oxygen atoms in total. The molecule has 1 unspecified atom stereocenters. The molecule has 17 heavy (non-hydrogen) atoms. The molecule has 0 aliphatic carbocycles. The van der Waals surface area contributed by atoms with Gasteiger partial charge >= 0.3 is 5.97 Å². The van der Waals surface area contributed by atoms with E-state index < -0.39 is 11.5 Å². The Hall–Kier alpha value is -1.42. The second kappa shape index (κ2) is 5.77. The van der Waals surface area contributed by atoms with Crippen molar-refractivity contribution in [3.63, 3.8) is 0 Å². The molecule has 0 bridgehead atoms. The molecule has 0 amide bonds. The molecule has 2 N–H and O–H groups in total. The Morgan fingerprint density at radius 2 is 2.06 bits per heavy atom. The van der Waals surface area contributed by atoms with E-state index in [1.807, 2.05) is 0 Å². The van der Waals surface area contributed by atoms with Crippen LogP contribution in [0.25, 0.3) is 0 Å². The zero-order valence-electron chi connectivity index (χ0n) is 10.6. The summed E-state index contributed by atoms with van der Waals surface area (Å²) < 4.78 is 0. The molecule has 0 spiro atoms. The Morgan fingerprint density at radius 3 is 2.53 bits per heavy atom. The Morgan fingerprint density at radius 1 is 1.47 bits per heavy atom. The highest BCUT2D eigenvalue weighted by molar-refractivity contribution is 5.80. The van der Waals surface area contributed by atoms with Crippen molar-refractivity contribution in [1.82, 2.24) is 10.3 Å². The van der Waals surface area contributed by atoms with E-state index in [0.29, 0.717) is 12.5 Å². The molecule has 0 saturated carbocycles. The smallest absolute Gasteiger partial charge is 0.328 e. The van der Waals surface area contributed by atoms with E-state index >= 15 is 0 Å². The second-order valence-electron chi connectivity index (χ2n) is 4.78. The lowest BCUT2D eigenvalue weighted by atomic mass is 9.92. The van der Waals surface area contributed by atoms with Gasteiger partial charge < -0.3 is 5.11 Å². The summed E-state index contributed by atoms with van der Waals surface area (Å²) in [4.78, 5) is 15.3. The van der Waals surface area contributed by atoms with E-state index in [9.17, 15) is 9.90 Å². The van der Waals surface area contributed by atoms with Crippen LogP contribution in [0.2, 0.25) is 0 Å². The van der Waals surface area contributed by atoms with E-state index in [4.69, 9.17) is 0 Å². The lowest BCUT2D eigenvalue weighted by molar-refractivity contribution is -0.144. The molecule has 0 saturated heterocycles. The SMILES string of the molecule is CC(C)CCNC(C)(C(=O)O)c1ccncc1. The van der Waals surface area contributed by atoms with E-state index in [1.165, 1.54) is 0 Å². The van der Waals surface area contributed by atoms with Gasteiger partial charge in [0, 0.05) is 12.4 Å². The number of hydrogen-bond acceptors (Lipinski definition) is 3. The van der Waals surface area contributed by atoms with Gasteiger partial charge in [0.25, 0.3) is 0 Å². The Balaban J connectivity index is 2.80. The van der Waals surface area contributed by atoms with Crippen molar-refractivity contribution >= 4 is 5.97 Å². The van der Waals surface area contributed by atoms with E-state index in [2.05, 4.69) is 24.1 Å². The molecule has 4 heteroatoms. The van der Waals surface area contributed by atoms with Crippen LogP contribution in [0.3, 0.4) is 0 Å². The van der Waals surface area contributed by atoms with Gasteiger partial charge in [0.2, 0.25) is 0 Å². The highest BCUT2D eigenvalue weighted by Crippen LogP contribution is 2.20. The van der Waals surface area contributed by atoms with Gasteiger partial charge in [-0.05, 0) is 43.5 Å². The third-order valence-corrected chi connectivity index (χ3v) is 2.89. The number of pyridine rings is 1. The van der Waals surface area contributed by atoms with Gasteiger partial charge in [-0.25, -0.2) is 4.79 Å². The fourth-order valence-electron chi connectivity index (χ4n) is 1.60. The normalized spacial score (nSPS) is 14.6. The van der Waals surface area contributed by atoms with Gasteiger partial charge in [0.05, 0.1) is 0 Å². The summed E-state index contributed by atoms with van der Waals surface area (Å²) in [7, 11) is 0. The van der Waals surface area contributed by atoms with Crippen molar-refractivity contribution in [1.29, 1.82) is 0 Å². The van der Waals surface area contributed by atoms with E-state index in [1.54, 1.807) is 31.5 Å². The van der Waals surface area contributed by atoms with E-state index in [-0.39, 0.29) is 0 Å². The number of aromatic nitrogens is 1. The molecule has 1 aromatic rings. The topological polar surface area (TPSA) is 62.2 Å². The summed E-state index contributed by atoms with van der Waals surface area (Å²) in [6.07, 6.45) is 4.18. The molecule has 1 rings (SSSR count). The van der Waals surface area contributed by atoms with Crippen molar-refractivity contribution in [2.24, 2.45) is 5.92 Å². The predicted molar refractivity (Wildman–Crippen MR) is 66.7 cm³/mol. The van der Waals surface area contributed by atoms with Crippen LogP contribution < -0.4 is 5.32 Å². The number of rotatable bonds is 6. The lowest BCUT2D eigenvalue weighted by Crippen LogP contribution is -2.47. The summed E-state index contributed by atoms with van der Waals surface area (Å²) in [5, 5.41) is 12.5. The van der Waals surface area contributed by atoms with E-state index in [0.717, 1.165) is 12.0 Å². The summed E-state index contributed by atoms with van der Waals surface area (Å²) in [6.45, 7) is 6.60. The third-order valence-electron chi connectivity index (χ3n) is 2.89. The standard InChI is InChI=1S/C13H20N2O2/c1-10(2)4-9-15-13(3,12(16)17)11-5-7-14-8-6-11/h5-8,10,15H,4,9H2,1-3H3,(H,16,17). The summed E-state index contributed by atoms with van der Waals surface area (Å²) >= 11 is 0. The van der Waals surface area contributed by atoms with Crippen LogP contribution in [0.1, 0.15) is 32.8 Å². The fourth-order valence-corrected chi connectivity index (χ4v) is 1.60. The molecule has 0 radical (unpaired) electrons. The first-order chi connectivity index (χ1) is 7.97. The lowest BCUT2D eigenvalue weighted by Gasteiger charge is -2.27. The quantitative estimate of drug-likeness (QED) is 0.793. The number of carbonyl (C=O) groups is 1. The first-order valence-electron chi connectivity index (χ1n) is 5.85. The zero-order valence-corrected chi connectivity index (χ0v) is 10.6. The predicted octanol–water partition coefficient (Wildman–Crippen LogP) is 2.02. The van der Waals surface area contributed by atoms with Crippen molar-refractivity contribution in [3.05, 3.63) is 30.1 Å². The highest BCUT2D eigenvalue weighted by Gasteiger charge is 2.34. The van der Waals surface area contributed by atoms with Crippen LogP contribution in [0.5, 0.6) is 0 Å². The number of carboxylic acids is 1. The van der Waals surface area contributed by atoms with Crippen LogP contribution in [0, 0.1) is 5.92 Å². The van der Waals surface area contributed by atoms with Gasteiger partial charge in [-0.1, -0.05) is 13.8 Å². The highest BCUT2D eigenvalue weighted by atomic mass is 16.4. The number of aliphatic carboxylic acids is 1. The number of hydrogen-bond donors (Lipinski definition) is 2. The maximum atomic E-state index is 11.4. The zero-order chi connectivity index (χ0) is 12.9. The minimum atomic E-state index is -1.04. The molecule has 1 atom stereocenters. The Kier molecular flexibility index (Phi) is 4.63. The van der Waals surface area contributed by atoms with Crippen molar-refractivity contribution in [2.45, 2.75) is 32.7 Å². The Labute approximate surface area is 102 Å². The largest absolute Gasteiger partial charge is 0.480 e.